The van der Waals surface area contributed by atoms with E-state index >= 15 is 0 Å². The van der Waals surface area contributed by atoms with Gasteiger partial charge in [-0.1, -0.05) is 13.3 Å². The molecule has 2 atom stereocenters. The van der Waals surface area contributed by atoms with E-state index < -0.39 is 0 Å². The van der Waals surface area contributed by atoms with Crippen LogP contribution in [0.4, 0.5) is 0 Å². The molecule has 0 aliphatic heterocycles. The summed E-state index contributed by atoms with van der Waals surface area (Å²) in [5.41, 5.74) is 7.17. The Morgan fingerprint density at radius 3 is 2.67 bits per heavy atom. The monoisotopic (exact) mass is 332 g/mol. The summed E-state index contributed by atoms with van der Waals surface area (Å²) in [6.07, 6.45) is 3.67. The Labute approximate surface area is 124 Å². The highest BCUT2D eigenvalue weighted by Crippen LogP contribution is 2.22. The summed E-state index contributed by atoms with van der Waals surface area (Å²) in [7, 11) is 2.20. The standard InChI is InChI=1S/C14H25BrN2S/c1-11(5-4-6-12(2)16)8-17(3)9-13-7-14(15)18-10-13/h7,10-12H,4-6,8-9,16H2,1-3H3. The summed E-state index contributed by atoms with van der Waals surface area (Å²) >= 11 is 5.27. The lowest BCUT2D eigenvalue weighted by molar-refractivity contribution is 0.267. The van der Waals surface area contributed by atoms with Crippen LogP contribution in [0.1, 0.15) is 38.7 Å². The highest BCUT2D eigenvalue weighted by Gasteiger charge is 2.08. The van der Waals surface area contributed by atoms with Gasteiger partial charge in [0.05, 0.1) is 3.79 Å². The van der Waals surface area contributed by atoms with Crippen molar-refractivity contribution in [2.75, 3.05) is 13.6 Å². The van der Waals surface area contributed by atoms with Gasteiger partial charge in [-0.2, -0.15) is 0 Å². The molecule has 0 aromatic carbocycles. The van der Waals surface area contributed by atoms with Crippen LogP contribution in [0.15, 0.2) is 15.2 Å². The first kappa shape index (κ1) is 16.2. The van der Waals surface area contributed by atoms with Gasteiger partial charge >= 0.3 is 0 Å². The van der Waals surface area contributed by atoms with E-state index in [-0.39, 0.29) is 0 Å². The van der Waals surface area contributed by atoms with Crippen molar-refractivity contribution >= 4 is 27.3 Å². The van der Waals surface area contributed by atoms with E-state index in [1.165, 1.54) is 22.2 Å². The average Bonchev–Trinajstić information content (AvgIpc) is 2.62. The predicted octanol–water partition coefficient (Wildman–Crippen LogP) is 4.10. The minimum atomic E-state index is 0.345. The third-order valence-corrected chi connectivity index (χ3v) is 4.61. The molecule has 0 spiro atoms. The van der Waals surface area contributed by atoms with Crippen molar-refractivity contribution in [3.05, 3.63) is 20.8 Å². The first-order valence-corrected chi connectivity index (χ1v) is 8.31. The van der Waals surface area contributed by atoms with Gasteiger partial charge in [0.2, 0.25) is 0 Å². The number of halogens is 1. The molecule has 0 saturated heterocycles. The molecule has 1 aromatic heterocycles. The quantitative estimate of drug-likeness (QED) is 0.776. The van der Waals surface area contributed by atoms with Crippen LogP contribution in [0.25, 0.3) is 0 Å². The van der Waals surface area contributed by atoms with Gasteiger partial charge in [-0.25, -0.2) is 0 Å². The molecule has 2 nitrogen and oxygen atoms in total. The molecule has 0 aliphatic carbocycles. The Kier molecular flexibility index (Phi) is 7.46. The SMILES string of the molecule is CC(N)CCCC(C)CN(C)Cc1csc(Br)c1. The molecule has 0 fully saturated rings. The van der Waals surface area contributed by atoms with Gasteiger partial charge in [0.1, 0.15) is 0 Å². The molecule has 0 saturated carbocycles. The summed E-state index contributed by atoms with van der Waals surface area (Å²) in [5, 5.41) is 2.22. The van der Waals surface area contributed by atoms with Crippen LogP contribution in [0, 0.1) is 5.92 Å². The van der Waals surface area contributed by atoms with Crippen LogP contribution in [0.3, 0.4) is 0 Å². The van der Waals surface area contributed by atoms with E-state index in [2.05, 4.69) is 53.2 Å². The van der Waals surface area contributed by atoms with Crippen molar-refractivity contribution in [1.29, 1.82) is 0 Å². The molecule has 1 aromatic rings. The first-order valence-electron chi connectivity index (χ1n) is 6.64. The number of rotatable bonds is 8. The molecule has 18 heavy (non-hydrogen) atoms. The summed E-state index contributed by atoms with van der Waals surface area (Å²) < 4.78 is 1.22. The Morgan fingerprint density at radius 2 is 2.11 bits per heavy atom. The topological polar surface area (TPSA) is 29.3 Å². The lowest BCUT2D eigenvalue weighted by Crippen LogP contribution is -2.24. The number of nitrogens with two attached hydrogens (primary N) is 1. The van der Waals surface area contributed by atoms with Crippen molar-refractivity contribution in [3.63, 3.8) is 0 Å². The summed E-state index contributed by atoms with van der Waals surface area (Å²) in [6.45, 7) is 6.62. The van der Waals surface area contributed by atoms with Crippen LogP contribution in [0.5, 0.6) is 0 Å². The molecule has 1 heterocycles. The fraction of sp³-hybridized carbons (Fsp3) is 0.714. The minimum Gasteiger partial charge on any atom is -0.328 e. The Morgan fingerprint density at radius 1 is 1.39 bits per heavy atom. The van der Waals surface area contributed by atoms with Crippen LogP contribution >= 0.6 is 27.3 Å². The van der Waals surface area contributed by atoms with E-state index in [9.17, 15) is 0 Å². The highest BCUT2D eigenvalue weighted by atomic mass is 79.9. The van der Waals surface area contributed by atoms with E-state index in [0.717, 1.165) is 25.4 Å². The first-order chi connectivity index (χ1) is 8.47. The van der Waals surface area contributed by atoms with Crippen molar-refractivity contribution in [2.24, 2.45) is 11.7 Å². The third-order valence-electron chi connectivity index (χ3n) is 3.05. The van der Waals surface area contributed by atoms with Crippen molar-refractivity contribution in [1.82, 2.24) is 4.90 Å². The maximum Gasteiger partial charge on any atom is 0.0701 e. The predicted molar refractivity (Wildman–Crippen MR) is 85.0 cm³/mol. The van der Waals surface area contributed by atoms with Crippen LogP contribution < -0.4 is 5.73 Å². The van der Waals surface area contributed by atoms with E-state index in [1.807, 2.05) is 0 Å². The van der Waals surface area contributed by atoms with Crippen LogP contribution in [0.2, 0.25) is 0 Å². The zero-order chi connectivity index (χ0) is 13.5. The van der Waals surface area contributed by atoms with Gasteiger partial charge in [0.15, 0.2) is 0 Å². The highest BCUT2D eigenvalue weighted by molar-refractivity contribution is 9.11. The molecule has 0 amide bonds. The molecule has 0 aliphatic rings. The molecule has 4 heteroatoms. The molecule has 0 bridgehead atoms. The van der Waals surface area contributed by atoms with Crippen molar-refractivity contribution < 1.29 is 0 Å². The third kappa shape index (κ3) is 6.88. The average molecular weight is 333 g/mol. The van der Waals surface area contributed by atoms with E-state index in [1.54, 1.807) is 11.3 Å². The van der Waals surface area contributed by atoms with Gasteiger partial charge < -0.3 is 10.6 Å². The lowest BCUT2D eigenvalue weighted by atomic mass is 10.0. The molecular weight excluding hydrogens is 308 g/mol. The lowest BCUT2D eigenvalue weighted by Gasteiger charge is -2.21. The summed E-state index contributed by atoms with van der Waals surface area (Å²) in [5.74, 6) is 0.746. The Hall–Kier alpha value is 0.100. The second-order valence-corrected chi connectivity index (χ2v) is 7.76. The molecule has 2 unspecified atom stereocenters. The van der Waals surface area contributed by atoms with E-state index in [0.29, 0.717) is 6.04 Å². The van der Waals surface area contributed by atoms with Crippen LogP contribution in [-0.4, -0.2) is 24.5 Å². The summed E-state index contributed by atoms with van der Waals surface area (Å²) in [4.78, 5) is 2.41. The van der Waals surface area contributed by atoms with Crippen molar-refractivity contribution in [3.8, 4) is 0 Å². The largest absolute Gasteiger partial charge is 0.328 e. The van der Waals surface area contributed by atoms with Crippen LogP contribution in [-0.2, 0) is 6.54 Å². The second-order valence-electron chi connectivity index (χ2n) is 5.47. The fourth-order valence-corrected chi connectivity index (χ4v) is 3.42. The van der Waals surface area contributed by atoms with Gasteiger partial charge in [0.25, 0.3) is 0 Å². The van der Waals surface area contributed by atoms with E-state index in [4.69, 9.17) is 5.73 Å². The van der Waals surface area contributed by atoms with Crippen molar-refractivity contribution in [2.45, 2.75) is 45.7 Å². The normalized spacial score (nSPS) is 15.0. The summed E-state index contributed by atoms with van der Waals surface area (Å²) in [6, 6.07) is 2.56. The maximum atomic E-state index is 5.77. The molecule has 2 N–H and O–H groups in total. The molecule has 0 radical (unpaired) electrons. The molecule has 104 valence electrons. The Bertz CT molecular complexity index is 338. The number of hydrogen-bond donors (Lipinski definition) is 1. The smallest absolute Gasteiger partial charge is 0.0701 e. The molecular formula is C14H25BrN2S. The van der Waals surface area contributed by atoms with Gasteiger partial charge in [0, 0.05) is 19.1 Å². The number of thiophene rings is 1. The zero-order valence-corrected chi connectivity index (χ0v) is 14.1. The zero-order valence-electron chi connectivity index (χ0n) is 11.7. The van der Waals surface area contributed by atoms with Gasteiger partial charge in [-0.05, 0) is 65.7 Å². The number of nitrogens with zero attached hydrogens (tertiary/aromatic N) is 1. The van der Waals surface area contributed by atoms with Gasteiger partial charge in [-0.15, -0.1) is 11.3 Å². The Balaban J connectivity index is 2.20. The maximum absolute atomic E-state index is 5.77. The van der Waals surface area contributed by atoms with Gasteiger partial charge in [-0.3, -0.25) is 0 Å². The second kappa shape index (κ2) is 8.31. The fourth-order valence-electron chi connectivity index (χ4n) is 2.22. The molecule has 1 rings (SSSR count). The minimum absolute atomic E-state index is 0.345. The number of hydrogen-bond acceptors (Lipinski definition) is 3.